The predicted octanol–water partition coefficient (Wildman–Crippen LogP) is 1.01. The quantitative estimate of drug-likeness (QED) is 0.893. The third-order valence-corrected chi connectivity index (χ3v) is 3.19. The summed E-state index contributed by atoms with van der Waals surface area (Å²) in [6.45, 7) is 3.10. The Bertz CT molecular complexity index is 385. The number of aromatic nitrogens is 2. The van der Waals surface area contributed by atoms with Crippen LogP contribution in [0.3, 0.4) is 0 Å². The van der Waals surface area contributed by atoms with Gasteiger partial charge in [0.15, 0.2) is 0 Å². The van der Waals surface area contributed by atoms with Crippen molar-refractivity contribution in [3.63, 3.8) is 0 Å². The number of carbonyl (C=O) groups excluding carboxylic acids is 1. The van der Waals surface area contributed by atoms with Crippen LogP contribution in [0.15, 0.2) is 12.4 Å². The largest absolute Gasteiger partial charge is 0.345 e. The van der Waals surface area contributed by atoms with Gasteiger partial charge in [0.05, 0.1) is 11.8 Å². The molecule has 1 aliphatic heterocycles. The zero-order chi connectivity index (χ0) is 12.3. The molecule has 0 bridgehead atoms. The van der Waals surface area contributed by atoms with Crippen molar-refractivity contribution >= 4 is 18.3 Å². The minimum absolute atomic E-state index is 0. The van der Waals surface area contributed by atoms with E-state index in [9.17, 15) is 4.79 Å². The van der Waals surface area contributed by atoms with Crippen molar-refractivity contribution in [2.75, 3.05) is 27.2 Å². The van der Waals surface area contributed by atoms with E-state index in [4.69, 9.17) is 0 Å². The molecular weight excluding hydrogens is 252 g/mol. The van der Waals surface area contributed by atoms with Crippen LogP contribution in [0.5, 0.6) is 0 Å². The maximum absolute atomic E-state index is 11.7. The van der Waals surface area contributed by atoms with Crippen molar-refractivity contribution < 1.29 is 4.79 Å². The molecule has 1 aromatic rings. The van der Waals surface area contributed by atoms with Gasteiger partial charge in [-0.25, -0.2) is 0 Å². The van der Waals surface area contributed by atoms with E-state index < -0.39 is 0 Å². The SMILES string of the molecule is CN(C)C(=O)c1cnn(CC2CCNCC2)c1.Cl. The van der Waals surface area contributed by atoms with E-state index >= 15 is 0 Å². The first kappa shape index (κ1) is 15.0. The van der Waals surface area contributed by atoms with Crippen LogP contribution >= 0.6 is 12.4 Å². The molecule has 0 radical (unpaired) electrons. The molecule has 1 amide bonds. The summed E-state index contributed by atoms with van der Waals surface area (Å²) in [6, 6.07) is 0. The summed E-state index contributed by atoms with van der Waals surface area (Å²) in [5.41, 5.74) is 0.670. The van der Waals surface area contributed by atoms with Crippen molar-refractivity contribution in [3.8, 4) is 0 Å². The summed E-state index contributed by atoms with van der Waals surface area (Å²) < 4.78 is 1.90. The molecule has 0 aromatic carbocycles. The number of hydrogen-bond acceptors (Lipinski definition) is 3. The third-order valence-electron chi connectivity index (χ3n) is 3.19. The normalized spacial score (nSPS) is 16.1. The Kier molecular flexibility index (Phi) is 5.62. The molecule has 102 valence electrons. The molecule has 2 heterocycles. The lowest BCUT2D eigenvalue weighted by molar-refractivity contribution is 0.0827. The van der Waals surface area contributed by atoms with E-state index in [1.807, 2.05) is 10.9 Å². The molecule has 0 aliphatic carbocycles. The molecule has 0 spiro atoms. The van der Waals surface area contributed by atoms with Crippen molar-refractivity contribution in [3.05, 3.63) is 18.0 Å². The van der Waals surface area contributed by atoms with Crippen LogP contribution in [0.2, 0.25) is 0 Å². The molecule has 18 heavy (non-hydrogen) atoms. The summed E-state index contributed by atoms with van der Waals surface area (Å²) in [5, 5.41) is 7.61. The van der Waals surface area contributed by atoms with Crippen molar-refractivity contribution in [1.82, 2.24) is 20.0 Å². The van der Waals surface area contributed by atoms with Gasteiger partial charge < -0.3 is 10.2 Å². The van der Waals surface area contributed by atoms with Crippen LogP contribution in [-0.2, 0) is 6.54 Å². The van der Waals surface area contributed by atoms with Crippen molar-refractivity contribution in [2.24, 2.45) is 5.92 Å². The molecule has 1 aromatic heterocycles. The van der Waals surface area contributed by atoms with E-state index in [1.54, 1.807) is 25.2 Å². The number of halogens is 1. The molecule has 6 heteroatoms. The molecule has 5 nitrogen and oxygen atoms in total. The number of piperidine rings is 1. The average Bonchev–Trinajstić information content (AvgIpc) is 2.77. The van der Waals surface area contributed by atoms with Gasteiger partial charge in [-0.3, -0.25) is 9.48 Å². The fourth-order valence-electron chi connectivity index (χ4n) is 2.16. The average molecular weight is 273 g/mol. The Morgan fingerprint density at radius 2 is 2.17 bits per heavy atom. The predicted molar refractivity (Wildman–Crippen MR) is 73.1 cm³/mol. The van der Waals surface area contributed by atoms with Crippen LogP contribution in [0, 0.1) is 5.92 Å². The fraction of sp³-hybridized carbons (Fsp3) is 0.667. The topological polar surface area (TPSA) is 50.2 Å². The lowest BCUT2D eigenvalue weighted by Gasteiger charge is -2.22. The van der Waals surface area contributed by atoms with E-state index in [2.05, 4.69) is 10.4 Å². The maximum Gasteiger partial charge on any atom is 0.256 e. The summed E-state index contributed by atoms with van der Waals surface area (Å²) in [5.74, 6) is 0.694. The van der Waals surface area contributed by atoms with Gasteiger partial charge in [0.1, 0.15) is 0 Å². The zero-order valence-corrected chi connectivity index (χ0v) is 11.7. The van der Waals surface area contributed by atoms with Crippen LogP contribution in [0.4, 0.5) is 0 Å². The van der Waals surface area contributed by atoms with Gasteiger partial charge in [-0.2, -0.15) is 5.10 Å². The summed E-state index contributed by atoms with van der Waals surface area (Å²) >= 11 is 0. The first-order chi connectivity index (χ1) is 8.16. The number of carbonyl (C=O) groups is 1. The Labute approximate surface area is 114 Å². The Morgan fingerprint density at radius 3 is 2.78 bits per heavy atom. The molecule has 0 atom stereocenters. The second-order valence-electron chi connectivity index (χ2n) is 4.84. The molecule has 1 N–H and O–H groups in total. The second kappa shape index (κ2) is 6.75. The molecule has 0 unspecified atom stereocenters. The van der Waals surface area contributed by atoms with Crippen LogP contribution in [0.1, 0.15) is 23.2 Å². The molecule has 1 fully saturated rings. The van der Waals surface area contributed by atoms with E-state index in [-0.39, 0.29) is 18.3 Å². The highest BCUT2D eigenvalue weighted by molar-refractivity contribution is 5.93. The number of rotatable bonds is 3. The second-order valence-corrected chi connectivity index (χ2v) is 4.84. The Morgan fingerprint density at radius 1 is 1.50 bits per heavy atom. The smallest absolute Gasteiger partial charge is 0.256 e. The summed E-state index contributed by atoms with van der Waals surface area (Å²) in [4.78, 5) is 13.3. The number of nitrogens with one attached hydrogen (secondary N) is 1. The first-order valence-electron chi connectivity index (χ1n) is 6.11. The van der Waals surface area contributed by atoms with Gasteiger partial charge in [0, 0.05) is 26.8 Å². The molecule has 0 saturated carbocycles. The molecule has 1 aliphatic rings. The van der Waals surface area contributed by atoms with E-state index in [0.29, 0.717) is 11.5 Å². The highest BCUT2D eigenvalue weighted by Gasteiger charge is 2.15. The van der Waals surface area contributed by atoms with Gasteiger partial charge >= 0.3 is 0 Å². The molecule has 2 rings (SSSR count). The number of amides is 1. The van der Waals surface area contributed by atoms with Gasteiger partial charge in [-0.1, -0.05) is 0 Å². The highest BCUT2D eigenvalue weighted by atomic mass is 35.5. The fourth-order valence-corrected chi connectivity index (χ4v) is 2.16. The van der Waals surface area contributed by atoms with Crippen LogP contribution in [-0.4, -0.2) is 47.8 Å². The van der Waals surface area contributed by atoms with Crippen LogP contribution < -0.4 is 5.32 Å². The lowest BCUT2D eigenvalue weighted by atomic mass is 9.98. The van der Waals surface area contributed by atoms with Gasteiger partial charge in [0.25, 0.3) is 5.91 Å². The van der Waals surface area contributed by atoms with Crippen LogP contribution in [0.25, 0.3) is 0 Å². The van der Waals surface area contributed by atoms with Crippen molar-refractivity contribution in [2.45, 2.75) is 19.4 Å². The summed E-state index contributed by atoms with van der Waals surface area (Å²) in [6.07, 6.45) is 5.89. The van der Waals surface area contributed by atoms with E-state index in [0.717, 1.165) is 19.6 Å². The monoisotopic (exact) mass is 272 g/mol. The Hall–Kier alpha value is -1.07. The lowest BCUT2D eigenvalue weighted by Crippen LogP contribution is -2.30. The third kappa shape index (κ3) is 3.71. The molecule has 1 saturated heterocycles. The minimum Gasteiger partial charge on any atom is -0.345 e. The standard InChI is InChI=1S/C12H20N4O.ClH/c1-15(2)12(17)11-7-14-16(9-11)8-10-3-5-13-6-4-10;/h7,9-10,13H,3-6,8H2,1-2H3;1H. The zero-order valence-electron chi connectivity index (χ0n) is 10.9. The summed E-state index contributed by atoms with van der Waals surface area (Å²) in [7, 11) is 3.51. The van der Waals surface area contributed by atoms with E-state index in [1.165, 1.54) is 12.8 Å². The minimum atomic E-state index is 0. The van der Waals surface area contributed by atoms with Gasteiger partial charge in [0.2, 0.25) is 0 Å². The first-order valence-corrected chi connectivity index (χ1v) is 6.11. The highest BCUT2D eigenvalue weighted by Crippen LogP contribution is 2.14. The number of nitrogens with zero attached hydrogens (tertiary/aromatic N) is 3. The van der Waals surface area contributed by atoms with Crippen molar-refractivity contribution in [1.29, 1.82) is 0 Å². The Balaban J connectivity index is 0.00000162. The van der Waals surface area contributed by atoms with Gasteiger partial charge in [-0.15, -0.1) is 12.4 Å². The maximum atomic E-state index is 11.7. The molecular formula is C12H21ClN4O. The van der Waals surface area contributed by atoms with Gasteiger partial charge in [-0.05, 0) is 31.8 Å². The number of hydrogen-bond donors (Lipinski definition) is 1.